The van der Waals surface area contributed by atoms with Crippen molar-refractivity contribution in [1.82, 2.24) is 9.88 Å². The third-order valence-electron chi connectivity index (χ3n) is 25.4. The van der Waals surface area contributed by atoms with Gasteiger partial charge in [0, 0.05) is 26.0 Å². The first-order chi connectivity index (χ1) is 57.9. The number of imide groups is 6. The summed E-state index contributed by atoms with van der Waals surface area (Å²) >= 11 is 0. The third kappa shape index (κ3) is 14.8. The Morgan fingerprint density at radius 2 is 0.700 bits per heavy atom. The van der Waals surface area contributed by atoms with Gasteiger partial charge in [0.1, 0.15) is 11.5 Å². The van der Waals surface area contributed by atoms with Crippen LogP contribution < -0.4 is 34.0 Å². The standard InChI is InChI=1S/C90H89N7O23/c1-4-5-6-9-32-115-60-22-16-49(17-23-60)50-18-24-61(25-19-50)117-34-13-14-37-120-90(114)54-43-56(94-77(100)65-63-64(66(65)78(94)101)76(99)92(3)75(63)98)45-59(44-54)97-85(108)73-71-72(74(73)86(97)109)84(107)96(83(71)106)58-42-53(89(113)119-36-12-8-15-48-28-30-91-31-29-48)41-57(46-58)95-81(104)69-67-68(70(69)82(95)105)80(103)93(79(67)102)55-39-47(2)38-52(40-55)88(112)118-35-11-7-10-33-116-62-26-20-51(21-27-62)87(110)111/h18-21,24-31,38-46,49,60,63-74H,4-17,22-23,32-37H2,1-3H3,(H,110,111). The Labute approximate surface area is 689 Å². The lowest BCUT2D eigenvalue weighted by Gasteiger charge is -2.36. The number of carbonyl (C=O) groups excluding carboxylic acids is 15. The highest BCUT2D eigenvalue weighted by atomic mass is 16.5. The van der Waals surface area contributed by atoms with E-state index in [4.69, 9.17) is 33.5 Å². The first-order valence-corrected chi connectivity index (χ1v) is 41.3. The number of unbranched alkanes of at least 4 members (excludes halogenated alkanes) is 7. The molecule has 10 fully saturated rings. The maximum atomic E-state index is 15.2. The first-order valence-electron chi connectivity index (χ1n) is 41.3. The number of hydrogen-bond donors (Lipinski definition) is 1. The molecule has 30 heteroatoms. The Hall–Kier alpha value is -12.5. The zero-order chi connectivity index (χ0) is 84.2. The number of fused-ring (bicyclic) bond motifs is 12. The zero-order valence-corrected chi connectivity index (χ0v) is 66.3. The monoisotopic (exact) mass is 1640 g/mol. The maximum absolute atomic E-state index is 15.2. The van der Waals surface area contributed by atoms with E-state index in [9.17, 15) is 57.5 Å². The quantitative estimate of drug-likeness (QED) is 0.0170. The van der Waals surface area contributed by atoms with Gasteiger partial charge in [0.25, 0.3) is 0 Å². The number of carbonyl (C=O) groups is 16. The fourth-order valence-corrected chi connectivity index (χ4v) is 19.3. The molecule has 7 heterocycles. The van der Waals surface area contributed by atoms with Crippen LogP contribution in [0.5, 0.6) is 11.5 Å². The molecule has 4 aliphatic carbocycles. The molecule has 4 saturated carbocycles. The Balaban J connectivity index is 0.600. The first kappa shape index (κ1) is 81.3. The molecular weight excluding hydrogens is 1550 g/mol. The predicted octanol–water partition coefficient (Wildman–Crippen LogP) is 9.51. The van der Waals surface area contributed by atoms with Crippen LogP contribution in [-0.4, -0.2) is 163 Å². The van der Waals surface area contributed by atoms with Crippen LogP contribution >= 0.6 is 0 Å². The van der Waals surface area contributed by atoms with Crippen molar-refractivity contribution in [2.45, 2.75) is 129 Å². The fourth-order valence-electron chi connectivity index (χ4n) is 19.3. The number of likely N-dealkylation sites (tertiary alicyclic amines) is 1. The second kappa shape index (κ2) is 33.7. The van der Waals surface area contributed by atoms with Crippen LogP contribution in [-0.2, 0) is 82.9 Å². The summed E-state index contributed by atoms with van der Waals surface area (Å²) in [6, 6.07) is 28.8. The predicted molar refractivity (Wildman–Crippen MR) is 423 cm³/mol. The average Bonchev–Trinajstić information content (AvgIpc) is 1.53. The number of ether oxygens (including phenoxy) is 6. The summed E-state index contributed by atoms with van der Waals surface area (Å²) < 4.78 is 34.9. The summed E-state index contributed by atoms with van der Waals surface area (Å²) in [5.74, 6) is -29.2. The summed E-state index contributed by atoms with van der Waals surface area (Å²) in [6.45, 7) is 4.96. The van der Waals surface area contributed by atoms with Crippen molar-refractivity contribution in [3.8, 4) is 11.5 Å². The van der Waals surface area contributed by atoms with Gasteiger partial charge in [-0.15, -0.1) is 0 Å². The summed E-state index contributed by atoms with van der Waals surface area (Å²) in [7, 11) is 1.26. The summed E-state index contributed by atoms with van der Waals surface area (Å²) in [5, 5.41) is 9.15. The second-order valence-corrected chi connectivity index (χ2v) is 32.6. The summed E-state index contributed by atoms with van der Waals surface area (Å²) in [6.07, 6.45) is 16.3. The van der Waals surface area contributed by atoms with Gasteiger partial charge in [-0.1, -0.05) is 38.3 Å². The number of nitrogens with zero attached hydrogens (tertiary/aromatic N) is 7. The Bertz CT molecular complexity index is 5120. The number of rotatable bonds is 34. The Morgan fingerprint density at radius 3 is 1.10 bits per heavy atom. The van der Waals surface area contributed by atoms with Crippen LogP contribution in [0.15, 0.2) is 128 Å². The van der Waals surface area contributed by atoms with Crippen molar-refractivity contribution in [1.29, 1.82) is 0 Å². The normalized spacial score (nSPS) is 25.6. The number of aryl methyl sites for hydroxylation is 2. The third-order valence-corrected chi connectivity index (χ3v) is 25.4. The number of aromatic nitrogens is 1. The molecule has 0 bridgehead atoms. The van der Waals surface area contributed by atoms with Gasteiger partial charge in [-0.3, -0.25) is 67.4 Å². The van der Waals surface area contributed by atoms with Gasteiger partial charge in [-0.05, 0) is 216 Å². The molecule has 16 rings (SSSR count). The highest BCUT2D eigenvalue weighted by molar-refractivity contribution is 6.35. The average molecular weight is 1640 g/mol. The summed E-state index contributed by atoms with van der Waals surface area (Å²) in [5.41, 5.74) is 0.763. The van der Waals surface area contributed by atoms with Crippen molar-refractivity contribution < 1.29 is 110 Å². The molecule has 0 radical (unpaired) electrons. The molecule has 6 saturated heterocycles. The number of pyridine rings is 1. The molecule has 6 aliphatic heterocycles. The van der Waals surface area contributed by atoms with Gasteiger partial charge in [0.2, 0.25) is 70.9 Å². The van der Waals surface area contributed by atoms with Crippen molar-refractivity contribution in [3.05, 3.63) is 167 Å². The molecule has 1 N–H and O–H groups in total. The topological polar surface area (TPSA) is 381 Å². The van der Waals surface area contributed by atoms with Crippen LogP contribution in [0, 0.1) is 77.9 Å². The van der Waals surface area contributed by atoms with E-state index in [1.165, 1.54) is 62.2 Å². The van der Waals surface area contributed by atoms with E-state index >= 15 is 19.2 Å². The van der Waals surface area contributed by atoms with Gasteiger partial charge < -0.3 is 33.5 Å². The van der Waals surface area contributed by atoms with Crippen molar-refractivity contribution in [3.63, 3.8) is 0 Å². The number of benzene rings is 5. The van der Waals surface area contributed by atoms with Crippen LogP contribution in [0.3, 0.4) is 0 Å². The van der Waals surface area contributed by atoms with Crippen molar-refractivity contribution in [2.75, 3.05) is 71.2 Å². The van der Waals surface area contributed by atoms with Gasteiger partial charge >= 0.3 is 23.9 Å². The van der Waals surface area contributed by atoms with Gasteiger partial charge in [0.15, 0.2) is 0 Å². The number of carboxylic acid groups (broad SMARTS) is 1. The molecule has 1 aromatic heterocycles. The van der Waals surface area contributed by atoms with Crippen LogP contribution in [0.25, 0.3) is 0 Å². The Kier molecular flexibility index (Phi) is 22.9. The van der Waals surface area contributed by atoms with Crippen molar-refractivity contribution in [2.24, 2.45) is 71.0 Å². The van der Waals surface area contributed by atoms with E-state index in [1.807, 2.05) is 24.3 Å². The smallest absolute Gasteiger partial charge is 0.338 e. The number of carboxylic acids is 1. The number of anilines is 5. The highest BCUT2D eigenvalue weighted by Gasteiger charge is 2.77. The van der Waals surface area contributed by atoms with E-state index in [0.717, 1.165) is 95.4 Å². The number of esters is 3. The molecule has 5 aromatic carbocycles. The molecule has 12 unspecified atom stereocenters. The molecule has 6 aromatic rings. The number of hydrogen-bond acceptors (Lipinski definition) is 23. The van der Waals surface area contributed by atoms with Crippen LogP contribution in [0.2, 0.25) is 0 Å². The largest absolute Gasteiger partial charge is 0.494 e. The van der Waals surface area contributed by atoms with E-state index < -0.39 is 166 Å². The van der Waals surface area contributed by atoms with E-state index in [1.54, 1.807) is 31.5 Å². The minimum atomic E-state index is -1.53. The molecular formula is C90H89N7O23. The second-order valence-electron chi connectivity index (χ2n) is 32.6. The van der Waals surface area contributed by atoms with Gasteiger partial charge in [-0.2, -0.15) is 0 Å². The molecule has 12 amide bonds. The SMILES string of the molecule is CCCCCCOC1CCC(c2ccc(OCCCCOC(=O)c3cc(N4C(=O)C5C6C(=O)N(C)C(=O)C6C5C4=O)cc(N4C(=O)C5C(C4=O)C4C(=O)N(c6cc(C(=O)OCCCCc7ccncc7)cc(N7C(=O)C8C9C(=O)N(c%10cc(C)cc(C(=O)OCCCCCOc%11ccc(C(=O)O)cc%11)c%10)C(=O)C9C8C7=O)c6)C(=O)C54)c3)cc2)CC1. The molecule has 30 nitrogen and oxygen atoms in total. The molecule has 12 atom stereocenters. The van der Waals surface area contributed by atoms with E-state index in [2.05, 4.69) is 24.0 Å². The van der Waals surface area contributed by atoms with E-state index in [0.29, 0.717) is 102 Å². The lowest BCUT2D eigenvalue weighted by molar-refractivity contribution is -0.146. The fraction of sp³-hybridized carbons (Fsp3) is 0.433. The van der Waals surface area contributed by atoms with Gasteiger partial charge in [0.05, 0.1) is 161 Å². The van der Waals surface area contributed by atoms with E-state index in [-0.39, 0.29) is 77.1 Å². The lowest BCUT2D eigenvalue weighted by atomic mass is 9.59. The maximum Gasteiger partial charge on any atom is 0.338 e. The number of amides is 12. The number of aromatic carboxylic acids is 1. The molecule has 120 heavy (non-hydrogen) atoms. The van der Waals surface area contributed by atoms with Gasteiger partial charge in [-0.25, -0.2) is 43.7 Å². The van der Waals surface area contributed by atoms with Crippen LogP contribution in [0.4, 0.5) is 28.4 Å². The minimum Gasteiger partial charge on any atom is -0.494 e. The lowest BCUT2D eigenvalue weighted by Crippen LogP contribution is -2.50. The molecule has 622 valence electrons. The molecule has 10 aliphatic rings. The Morgan fingerprint density at radius 1 is 0.367 bits per heavy atom. The van der Waals surface area contributed by atoms with Crippen molar-refractivity contribution >= 4 is 123 Å². The summed E-state index contributed by atoms with van der Waals surface area (Å²) in [4.78, 5) is 237. The molecule has 0 spiro atoms. The minimum absolute atomic E-state index is 0.00279. The van der Waals surface area contributed by atoms with Crippen LogP contribution in [0.1, 0.15) is 167 Å². The highest BCUT2D eigenvalue weighted by Crippen LogP contribution is 2.61. The zero-order valence-electron chi connectivity index (χ0n) is 66.3.